The van der Waals surface area contributed by atoms with Gasteiger partial charge in [0.25, 0.3) is 0 Å². The Morgan fingerprint density at radius 1 is 1.35 bits per heavy atom. The van der Waals surface area contributed by atoms with Gasteiger partial charge in [0.2, 0.25) is 0 Å². The van der Waals surface area contributed by atoms with E-state index >= 15 is 0 Å². The molecule has 1 aromatic carbocycles. The van der Waals surface area contributed by atoms with E-state index in [1.54, 1.807) is 28.6 Å². The average molecular weight is 231 g/mol. The lowest BCUT2D eigenvalue weighted by Gasteiger charge is -2.12. The Bertz CT molecular complexity index is 568. The van der Waals surface area contributed by atoms with E-state index < -0.39 is 0 Å². The molecule has 0 amide bonds. The highest BCUT2D eigenvalue weighted by Gasteiger charge is 2.09. The standard InChI is InChI=1S/C13H17N3O/c1-10-4-3-5-11(8-10)12(14)9-16-7-6-15(2)13(16)17/h3-8,12H,9,14H2,1-2H3. The van der Waals surface area contributed by atoms with Gasteiger partial charge < -0.3 is 10.3 Å². The molecule has 2 rings (SSSR count). The van der Waals surface area contributed by atoms with Gasteiger partial charge in [-0.3, -0.25) is 4.57 Å². The number of rotatable bonds is 3. The first-order valence-corrected chi connectivity index (χ1v) is 5.62. The Labute approximate surface area is 100 Å². The summed E-state index contributed by atoms with van der Waals surface area (Å²) in [5.74, 6) is 0. The molecule has 0 saturated carbocycles. The predicted octanol–water partition coefficient (Wildman–Crippen LogP) is 1.20. The van der Waals surface area contributed by atoms with Crippen LogP contribution < -0.4 is 11.4 Å². The minimum Gasteiger partial charge on any atom is -0.322 e. The Morgan fingerprint density at radius 2 is 2.12 bits per heavy atom. The van der Waals surface area contributed by atoms with Gasteiger partial charge >= 0.3 is 5.69 Å². The molecule has 0 bridgehead atoms. The van der Waals surface area contributed by atoms with Crippen LogP contribution in [-0.4, -0.2) is 9.13 Å². The maximum absolute atomic E-state index is 11.7. The molecule has 17 heavy (non-hydrogen) atoms. The van der Waals surface area contributed by atoms with Crippen LogP contribution in [0.2, 0.25) is 0 Å². The van der Waals surface area contributed by atoms with Crippen molar-refractivity contribution in [3.8, 4) is 0 Å². The molecule has 4 nitrogen and oxygen atoms in total. The summed E-state index contributed by atoms with van der Waals surface area (Å²) in [6.45, 7) is 2.54. The minimum absolute atomic E-state index is 0.0342. The number of benzene rings is 1. The highest BCUT2D eigenvalue weighted by atomic mass is 16.1. The molecule has 4 heteroatoms. The van der Waals surface area contributed by atoms with Gasteiger partial charge in [0.1, 0.15) is 0 Å². The molecule has 0 aliphatic rings. The SMILES string of the molecule is Cc1cccc(C(N)Cn2ccn(C)c2=O)c1. The van der Waals surface area contributed by atoms with E-state index in [0.29, 0.717) is 6.54 Å². The van der Waals surface area contributed by atoms with E-state index in [1.807, 2.05) is 25.1 Å². The summed E-state index contributed by atoms with van der Waals surface area (Å²) >= 11 is 0. The molecule has 2 aromatic rings. The van der Waals surface area contributed by atoms with Crippen LogP contribution in [0.1, 0.15) is 17.2 Å². The second-order valence-corrected chi connectivity index (χ2v) is 4.36. The molecule has 1 heterocycles. The average Bonchev–Trinajstić information content (AvgIpc) is 2.61. The largest absolute Gasteiger partial charge is 0.327 e. The van der Waals surface area contributed by atoms with Crippen molar-refractivity contribution in [2.75, 3.05) is 0 Å². The maximum atomic E-state index is 11.7. The van der Waals surface area contributed by atoms with Crippen LogP contribution in [-0.2, 0) is 13.6 Å². The van der Waals surface area contributed by atoms with Crippen LogP contribution >= 0.6 is 0 Å². The van der Waals surface area contributed by atoms with E-state index in [-0.39, 0.29) is 11.7 Å². The van der Waals surface area contributed by atoms with Crippen molar-refractivity contribution in [1.82, 2.24) is 9.13 Å². The van der Waals surface area contributed by atoms with Crippen LogP contribution in [0.15, 0.2) is 41.5 Å². The number of nitrogens with zero attached hydrogens (tertiary/aromatic N) is 2. The van der Waals surface area contributed by atoms with Gasteiger partial charge in [-0.25, -0.2) is 4.79 Å². The predicted molar refractivity (Wildman–Crippen MR) is 67.8 cm³/mol. The zero-order valence-electron chi connectivity index (χ0n) is 10.1. The lowest BCUT2D eigenvalue weighted by Crippen LogP contribution is -2.27. The number of hydrogen-bond acceptors (Lipinski definition) is 2. The van der Waals surface area contributed by atoms with E-state index in [2.05, 4.69) is 6.07 Å². The Kier molecular flexibility index (Phi) is 3.15. The van der Waals surface area contributed by atoms with E-state index in [4.69, 9.17) is 5.73 Å². The maximum Gasteiger partial charge on any atom is 0.327 e. The van der Waals surface area contributed by atoms with Crippen LogP contribution in [0.25, 0.3) is 0 Å². The lowest BCUT2D eigenvalue weighted by molar-refractivity contribution is 0.554. The first kappa shape index (κ1) is 11.7. The first-order chi connectivity index (χ1) is 8.08. The molecule has 2 N–H and O–H groups in total. The topological polar surface area (TPSA) is 52.9 Å². The van der Waals surface area contributed by atoms with Crippen molar-refractivity contribution in [3.63, 3.8) is 0 Å². The number of nitrogens with two attached hydrogens (primary N) is 1. The molecule has 90 valence electrons. The second-order valence-electron chi connectivity index (χ2n) is 4.36. The molecule has 1 unspecified atom stereocenters. The molecule has 0 spiro atoms. The molecule has 0 fully saturated rings. The molecular weight excluding hydrogens is 214 g/mol. The van der Waals surface area contributed by atoms with Crippen molar-refractivity contribution >= 4 is 0 Å². The van der Waals surface area contributed by atoms with Gasteiger partial charge in [-0.2, -0.15) is 0 Å². The summed E-state index contributed by atoms with van der Waals surface area (Å²) in [6, 6.07) is 7.91. The third-order valence-electron chi connectivity index (χ3n) is 2.88. The van der Waals surface area contributed by atoms with Crippen molar-refractivity contribution < 1.29 is 0 Å². The van der Waals surface area contributed by atoms with Gasteiger partial charge in [0, 0.05) is 32.0 Å². The summed E-state index contributed by atoms with van der Waals surface area (Å²) in [7, 11) is 1.73. The molecule has 1 aromatic heterocycles. The van der Waals surface area contributed by atoms with Gasteiger partial charge in [0.05, 0.1) is 0 Å². The Hall–Kier alpha value is -1.81. The fourth-order valence-corrected chi connectivity index (χ4v) is 1.87. The smallest absolute Gasteiger partial charge is 0.322 e. The summed E-state index contributed by atoms with van der Waals surface area (Å²) in [5, 5.41) is 0. The number of imidazole rings is 1. The lowest BCUT2D eigenvalue weighted by atomic mass is 10.1. The van der Waals surface area contributed by atoms with Gasteiger partial charge in [-0.1, -0.05) is 29.8 Å². The minimum atomic E-state index is -0.157. The van der Waals surface area contributed by atoms with Gasteiger partial charge in [-0.05, 0) is 12.5 Å². The quantitative estimate of drug-likeness (QED) is 0.862. The fourth-order valence-electron chi connectivity index (χ4n) is 1.87. The summed E-state index contributed by atoms with van der Waals surface area (Å²) < 4.78 is 3.18. The van der Waals surface area contributed by atoms with Crippen LogP contribution in [0.4, 0.5) is 0 Å². The third-order valence-corrected chi connectivity index (χ3v) is 2.88. The zero-order valence-corrected chi connectivity index (χ0v) is 10.1. The highest BCUT2D eigenvalue weighted by Crippen LogP contribution is 2.13. The van der Waals surface area contributed by atoms with Crippen molar-refractivity contribution in [2.24, 2.45) is 12.8 Å². The van der Waals surface area contributed by atoms with Crippen LogP contribution in [0.5, 0.6) is 0 Å². The summed E-state index contributed by atoms with van der Waals surface area (Å²) in [4.78, 5) is 11.7. The van der Waals surface area contributed by atoms with E-state index in [1.165, 1.54) is 5.56 Å². The van der Waals surface area contributed by atoms with Crippen LogP contribution in [0, 0.1) is 6.92 Å². The van der Waals surface area contributed by atoms with E-state index in [0.717, 1.165) is 5.56 Å². The van der Waals surface area contributed by atoms with Crippen LogP contribution in [0.3, 0.4) is 0 Å². The molecule has 0 aliphatic heterocycles. The monoisotopic (exact) mass is 231 g/mol. The molecule has 1 atom stereocenters. The zero-order chi connectivity index (χ0) is 12.4. The van der Waals surface area contributed by atoms with Crippen molar-refractivity contribution in [1.29, 1.82) is 0 Å². The number of hydrogen-bond donors (Lipinski definition) is 1. The Morgan fingerprint density at radius 3 is 2.71 bits per heavy atom. The van der Waals surface area contributed by atoms with E-state index in [9.17, 15) is 4.79 Å². The van der Waals surface area contributed by atoms with Crippen molar-refractivity contribution in [3.05, 3.63) is 58.3 Å². The highest BCUT2D eigenvalue weighted by molar-refractivity contribution is 5.24. The summed E-state index contributed by atoms with van der Waals surface area (Å²) in [5.41, 5.74) is 8.31. The molecule has 0 radical (unpaired) electrons. The molecular formula is C13H17N3O. The van der Waals surface area contributed by atoms with Crippen molar-refractivity contribution in [2.45, 2.75) is 19.5 Å². The second kappa shape index (κ2) is 4.59. The molecule has 0 saturated heterocycles. The number of aryl methyl sites for hydroxylation is 2. The first-order valence-electron chi connectivity index (χ1n) is 5.62. The van der Waals surface area contributed by atoms with Gasteiger partial charge in [0.15, 0.2) is 0 Å². The number of aromatic nitrogens is 2. The fraction of sp³-hybridized carbons (Fsp3) is 0.308. The van der Waals surface area contributed by atoms with Gasteiger partial charge in [-0.15, -0.1) is 0 Å². The summed E-state index contributed by atoms with van der Waals surface area (Å²) in [6.07, 6.45) is 3.50. The molecule has 0 aliphatic carbocycles. The Balaban J connectivity index is 2.20. The third kappa shape index (κ3) is 2.47. The normalized spacial score (nSPS) is 12.6.